The van der Waals surface area contributed by atoms with Crippen molar-refractivity contribution in [3.63, 3.8) is 0 Å². The van der Waals surface area contributed by atoms with Crippen LogP contribution in [-0.4, -0.2) is 39.3 Å². The standard InChI is InChI=1S/C23H30N2O3/c1-3-27-19-11-13-20(14-12-19)28-16-15-24-23(26)17-25(2)22-10-6-8-18-7-4-5-9-21(18)22/h4-5,7,9,11-14,22H,3,6,8,10,15-17H2,1-2H3,(H,24,26)/p+1/t22-/m0/s1. The first-order valence-electron chi connectivity index (χ1n) is 10.2. The molecule has 0 radical (unpaired) electrons. The van der Waals surface area contributed by atoms with E-state index in [0.29, 0.717) is 32.3 Å². The minimum atomic E-state index is 0.0656. The monoisotopic (exact) mass is 383 g/mol. The molecular formula is C23H31N2O3+. The van der Waals surface area contributed by atoms with Gasteiger partial charge in [-0.15, -0.1) is 0 Å². The minimum absolute atomic E-state index is 0.0656. The van der Waals surface area contributed by atoms with Crippen LogP contribution >= 0.6 is 0 Å². The molecular weight excluding hydrogens is 352 g/mol. The molecule has 0 bridgehead atoms. The Kier molecular flexibility index (Phi) is 7.31. The number of aryl methyl sites for hydroxylation is 1. The first-order chi connectivity index (χ1) is 13.7. The lowest BCUT2D eigenvalue weighted by molar-refractivity contribution is -0.905. The molecule has 0 aliphatic heterocycles. The van der Waals surface area contributed by atoms with Crippen LogP contribution in [0.15, 0.2) is 48.5 Å². The number of likely N-dealkylation sites (N-methyl/N-ethyl adjacent to an activating group) is 1. The predicted octanol–water partition coefficient (Wildman–Crippen LogP) is 2.17. The lowest BCUT2D eigenvalue weighted by Gasteiger charge is -2.30. The largest absolute Gasteiger partial charge is 0.494 e. The van der Waals surface area contributed by atoms with Crippen LogP contribution in [0.2, 0.25) is 0 Å². The maximum atomic E-state index is 12.3. The van der Waals surface area contributed by atoms with Crippen molar-refractivity contribution in [2.45, 2.75) is 32.2 Å². The number of ether oxygens (including phenoxy) is 2. The van der Waals surface area contributed by atoms with Gasteiger partial charge in [0.1, 0.15) is 24.1 Å². The Balaban J connectivity index is 1.40. The van der Waals surface area contributed by atoms with E-state index < -0.39 is 0 Å². The molecule has 1 amide bonds. The van der Waals surface area contributed by atoms with Crippen LogP contribution in [0.25, 0.3) is 0 Å². The summed E-state index contributed by atoms with van der Waals surface area (Å²) in [5, 5.41) is 2.97. The van der Waals surface area contributed by atoms with Gasteiger partial charge >= 0.3 is 0 Å². The predicted molar refractivity (Wildman–Crippen MR) is 110 cm³/mol. The van der Waals surface area contributed by atoms with Gasteiger partial charge in [-0.25, -0.2) is 0 Å². The number of fused-ring (bicyclic) bond motifs is 1. The van der Waals surface area contributed by atoms with E-state index in [1.807, 2.05) is 31.2 Å². The van der Waals surface area contributed by atoms with Gasteiger partial charge < -0.3 is 19.7 Å². The number of hydrogen-bond donors (Lipinski definition) is 2. The molecule has 5 heteroatoms. The van der Waals surface area contributed by atoms with E-state index in [-0.39, 0.29) is 5.91 Å². The van der Waals surface area contributed by atoms with Gasteiger partial charge in [-0.05, 0) is 49.6 Å². The van der Waals surface area contributed by atoms with Gasteiger partial charge in [-0.1, -0.05) is 24.3 Å². The molecule has 0 heterocycles. The van der Waals surface area contributed by atoms with Crippen molar-refractivity contribution >= 4 is 5.91 Å². The number of amides is 1. The molecule has 5 nitrogen and oxygen atoms in total. The van der Waals surface area contributed by atoms with Crippen molar-refractivity contribution < 1.29 is 19.2 Å². The number of carbonyl (C=O) groups is 1. The van der Waals surface area contributed by atoms with Gasteiger partial charge in [-0.2, -0.15) is 0 Å². The lowest BCUT2D eigenvalue weighted by atomic mass is 9.87. The Bertz CT molecular complexity index is 761. The van der Waals surface area contributed by atoms with Gasteiger partial charge in [0.25, 0.3) is 5.91 Å². The highest BCUT2D eigenvalue weighted by Crippen LogP contribution is 2.27. The van der Waals surface area contributed by atoms with Gasteiger partial charge in [0.15, 0.2) is 6.54 Å². The highest BCUT2D eigenvalue weighted by Gasteiger charge is 2.27. The maximum absolute atomic E-state index is 12.3. The molecule has 1 aliphatic rings. The van der Waals surface area contributed by atoms with Crippen LogP contribution in [0.1, 0.15) is 36.9 Å². The van der Waals surface area contributed by atoms with Crippen LogP contribution in [0.3, 0.4) is 0 Å². The molecule has 0 spiro atoms. The number of hydrogen-bond acceptors (Lipinski definition) is 3. The smallest absolute Gasteiger partial charge is 0.275 e. The molecule has 0 aromatic heterocycles. The summed E-state index contributed by atoms with van der Waals surface area (Å²) in [6.07, 6.45) is 3.47. The van der Waals surface area contributed by atoms with Crippen molar-refractivity contribution in [3.05, 3.63) is 59.7 Å². The molecule has 2 atom stereocenters. The van der Waals surface area contributed by atoms with Crippen molar-refractivity contribution in [2.24, 2.45) is 0 Å². The van der Waals surface area contributed by atoms with Crippen molar-refractivity contribution in [1.29, 1.82) is 0 Å². The second-order valence-corrected chi connectivity index (χ2v) is 7.27. The molecule has 2 aromatic carbocycles. The third-order valence-electron chi connectivity index (χ3n) is 5.23. The fourth-order valence-corrected chi connectivity index (χ4v) is 3.86. The van der Waals surface area contributed by atoms with Crippen LogP contribution in [0.4, 0.5) is 0 Å². The van der Waals surface area contributed by atoms with E-state index in [1.54, 1.807) is 0 Å². The summed E-state index contributed by atoms with van der Waals surface area (Å²) in [6.45, 7) is 4.03. The molecule has 2 aromatic rings. The van der Waals surface area contributed by atoms with E-state index in [0.717, 1.165) is 24.3 Å². The number of rotatable bonds is 9. The molecule has 3 rings (SSSR count). The summed E-state index contributed by atoms with van der Waals surface area (Å²) in [7, 11) is 2.11. The summed E-state index contributed by atoms with van der Waals surface area (Å²) in [6, 6.07) is 16.6. The first-order valence-corrected chi connectivity index (χ1v) is 10.2. The molecule has 1 unspecified atom stereocenters. The van der Waals surface area contributed by atoms with Crippen LogP contribution in [0, 0.1) is 0 Å². The Labute approximate surface area is 167 Å². The van der Waals surface area contributed by atoms with Crippen LogP contribution in [-0.2, 0) is 11.2 Å². The zero-order valence-electron chi connectivity index (χ0n) is 16.9. The Hall–Kier alpha value is -2.53. The average Bonchev–Trinajstić information content (AvgIpc) is 2.72. The second-order valence-electron chi connectivity index (χ2n) is 7.27. The summed E-state index contributed by atoms with van der Waals surface area (Å²) < 4.78 is 11.1. The van der Waals surface area contributed by atoms with Crippen molar-refractivity contribution in [2.75, 3.05) is 33.4 Å². The van der Waals surface area contributed by atoms with Crippen LogP contribution in [0.5, 0.6) is 11.5 Å². The SMILES string of the molecule is CCOc1ccc(OCCNC(=O)C[NH+](C)[C@H]2CCCc3ccccc32)cc1. The van der Waals surface area contributed by atoms with Gasteiger partial charge in [0, 0.05) is 12.0 Å². The second kappa shape index (κ2) is 10.1. The molecule has 0 saturated carbocycles. The summed E-state index contributed by atoms with van der Waals surface area (Å²) in [5.41, 5.74) is 2.83. The fraction of sp³-hybridized carbons (Fsp3) is 0.435. The van der Waals surface area contributed by atoms with Crippen LogP contribution < -0.4 is 19.7 Å². The molecule has 1 aliphatic carbocycles. The molecule has 0 saturated heterocycles. The molecule has 150 valence electrons. The fourth-order valence-electron chi connectivity index (χ4n) is 3.86. The Morgan fingerprint density at radius 3 is 2.57 bits per heavy atom. The van der Waals surface area contributed by atoms with Gasteiger partial charge in [-0.3, -0.25) is 4.79 Å². The number of carbonyl (C=O) groups excluding carboxylic acids is 1. The quantitative estimate of drug-likeness (QED) is 0.653. The molecule has 2 N–H and O–H groups in total. The third kappa shape index (κ3) is 5.49. The lowest BCUT2D eigenvalue weighted by Crippen LogP contribution is -3.10. The van der Waals surface area contributed by atoms with E-state index in [2.05, 4.69) is 36.6 Å². The van der Waals surface area contributed by atoms with Crippen molar-refractivity contribution in [3.8, 4) is 11.5 Å². The number of nitrogens with one attached hydrogen (secondary N) is 2. The molecule has 0 fully saturated rings. The zero-order chi connectivity index (χ0) is 19.8. The van der Waals surface area contributed by atoms with Gasteiger partial charge in [0.05, 0.1) is 20.2 Å². The average molecular weight is 384 g/mol. The highest BCUT2D eigenvalue weighted by atomic mass is 16.5. The van der Waals surface area contributed by atoms with Crippen molar-refractivity contribution in [1.82, 2.24) is 5.32 Å². The van der Waals surface area contributed by atoms with Gasteiger partial charge in [0.2, 0.25) is 0 Å². The number of quaternary nitrogens is 1. The first kappa shape index (κ1) is 20.2. The maximum Gasteiger partial charge on any atom is 0.275 e. The highest BCUT2D eigenvalue weighted by molar-refractivity contribution is 5.76. The summed E-state index contributed by atoms with van der Waals surface area (Å²) in [4.78, 5) is 13.6. The summed E-state index contributed by atoms with van der Waals surface area (Å²) >= 11 is 0. The Morgan fingerprint density at radius 2 is 1.82 bits per heavy atom. The van der Waals surface area contributed by atoms with E-state index >= 15 is 0 Å². The normalized spacial score (nSPS) is 16.7. The zero-order valence-corrected chi connectivity index (χ0v) is 16.9. The number of benzene rings is 2. The minimum Gasteiger partial charge on any atom is -0.494 e. The third-order valence-corrected chi connectivity index (χ3v) is 5.23. The van der Waals surface area contributed by atoms with E-state index in [9.17, 15) is 4.79 Å². The Morgan fingerprint density at radius 1 is 1.11 bits per heavy atom. The topological polar surface area (TPSA) is 52.0 Å². The van der Waals surface area contributed by atoms with E-state index in [4.69, 9.17) is 9.47 Å². The molecule has 28 heavy (non-hydrogen) atoms. The van der Waals surface area contributed by atoms with E-state index in [1.165, 1.54) is 22.4 Å². The summed E-state index contributed by atoms with van der Waals surface area (Å²) in [5.74, 6) is 1.67.